The second kappa shape index (κ2) is 18.2. The van der Waals surface area contributed by atoms with Crippen LogP contribution in [0.1, 0.15) is 11.1 Å². The fourth-order valence-electron chi connectivity index (χ4n) is 5.68. The summed E-state index contributed by atoms with van der Waals surface area (Å²) in [6, 6.07) is 48.8. The van der Waals surface area contributed by atoms with E-state index in [0.29, 0.717) is 12.3 Å². The minimum Gasteiger partial charge on any atom is -0.744 e. The first kappa shape index (κ1) is 40.8. The molecule has 6 rings (SSSR count). The Bertz CT molecular complexity index is 2110. The molecule has 0 saturated carbocycles. The molecule has 0 spiro atoms. The van der Waals surface area contributed by atoms with Gasteiger partial charge in [0.25, 0.3) is 0 Å². The molecule has 6 nitrogen and oxygen atoms in total. The standard InChI is InChI=1S/C38H32O6P2S2.2Na/c39-47(40,41)35-21-11-19-33(25-35)45(31-15-3-1-4-16-31)27-29-13-7-9-23-37(29)38-24-10-8-14-30(38)28-46(32-17-5-2-6-18-32)34-20-12-22-36(26-34)48(42,43)44;;/h1-26H,27-28H2,(H,39,40,41)(H,42,43,44);;/q;2*+1/p-2. The summed E-state index contributed by atoms with van der Waals surface area (Å²) in [4.78, 5) is -0.490. The van der Waals surface area contributed by atoms with Crippen molar-refractivity contribution in [2.45, 2.75) is 22.1 Å². The molecule has 0 N–H and O–H groups in total. The third-order valence-corrected chi connectivity index (χ3v) is 14.6. The van der Waals surface area contributed by atoms with Crippen molar-refractivity contribution in [2.75, 3.05) is 0 Å². The second-order valence-electron chi connectivity index (χ2n) is 11.1. The van der Waals surface area contributed by atoms with Crippen LogP contribution in [0.2, 0.25) is 0 Å². The Morgan fingerprint density at radius 2 is 0.720 bits per heavy atom. The summed E-state index contributed by atoms with van der Waals surface area (Å²) in [6.45, 7) is 0. The van der Waals surface area contributed by atoms with E-state index in [9.17, 15) is 25.9 Å². The molecule has 0 aliphatic rings. The van der Waals surface area contributed by atoms with Crippen molar-refractivity contribution < 1.29 is 85.1 Å². The van der Waals surface area contributed by atoms with Crippen molar-refractivity contribution in [3.05, 3.63) is 169 Å². The predicted molar refractivity (Wildman–Crippen MR) is 193 cm³/mol. The number of benzene rings is 6. The first-order chi connectivity index (χ1) is 23.1. The van der Waals surface area contributed by atoms with Crippen molar-refractivity contribution in [3.8, 4) is 11.1 Å². The quantitative estimate of drug-likeness (QED) is 0.108. The van der Waals surface area contributed by atoms with Crippen LogP contribution in [0, 0.1) is 0 Å². The zero-order chi connectivity index (χ0) is 33.7. The molecule has 0 bridgehead atoms. The molecule has 0 aliphatic carbocycles. The Labute approximate surface area is 341 Å². The molecule has 0 heterocycles. The molecular formula is C38H30Na2O6P2S2. The summed E-state index contributed by atoms with van der Waals surface area (Å²) in [5.74, 6) is 0. The molecule has 6 aromatic carbocycles. The molecular weight excluding hydrogens is 724 g/mol. The SMILES string of the molecule is O=S(=O)([O-])c1cccc(P(Cc2ccccc2-c2ccccc2CP(c2ccccc2)c2cccc(S(=O)(=O)[O-])c2)c2ccccc2)c1.[Na+].[Na+]. The first-order valence-electron chi connectivity index (χ1n) is 15.0. The molecule has 6 aromatic rings. The van der Waals surface area contributed by atoms with E-state index in [4.69, 9.17) is 0 Å². The maximum absolute atomic E-state index is 11.9. The van der Waals surface area contributed by atoms with Gasteiger partial charge >= 0.3 is 59.1 Å². The summed E-state index contributed by atoms with van der Waals surface area (Å²) in [5.41, 5.74) is 4.20. The van der Waals surface area contributed by atoms with Crippen LogP contribution in [0.25, 0.3) is 11.1 Å². The van der Waals surface area contributed by atoms with Crippen molar-refractivity contribution in [3.63, 3.8) is 0 Å². The second-order valence-corrected chi connectivity index (χ2v) is 18.2. The van der Waals surface area contributed by atoms with Crippen molar-refractivity contribution in [1.29, 1.82) is 0 Å². The van der Waals surface area contributed by atoms with E-state index in [0.717, 1.165) is 43.5 Å². The van der Waals surface area contributed by atoms with E-state index in [1.54, 1.807) is 12.1 Å². The molecule has 12 heteroatoms. The molecule has 2 atom stereocenters. The average Bonchev–Trinajstić information content (AvgIpc) is 3.10. The van der Waals surface area contributed by atoms with Gasteiger partial charge in [-0.25, -0.2) is 16.8 Å². The molecule has 0 amide bonds. The summed E-state index contributed by atoms with van der Waals surface area (Å²) in [7, 11) is -11.4. The van der Waals surface area contributed by atoms with Crippen LogP contribution in [0.4, 0.5) is 0 Å². The van der Waals surface area contributed by atoms with E-state index in [2.05, 4.69) is 24.3 Å². The Balaban J connectivity index is 0.00000281. The molecule has 2 unspecified atom stereocenters. The largest absolute Gasteiger partial charge is 1.00 e. The topological polar surface area (TPSA) is 114 Å². The van der Waals surface area contributed by atoms with Gasteiger partial charge in [0.2, 0.25) is 0 Å². The van der Waals surface area contributed by atoms with Crippen LogP contribution in [0.15, 0.2) is 168 Å². The van der Waals surface area contributed by atoms with Crippen LogP contribution in [0.5, 0.6) is 0 Å². The van der Waals surface area contributed by atoms with Crippen LogP contribution in [-0.2, 0) is 32.6 Å². The molecule has 0 saturated heterocycles. The summed E-state index contributed by atoms with van der Waals surface area (Å²) in [6.07, 6.45) is 1.20. The van der Waals surface area contributed by atoms with Crippen LogP contribution >= 0.6 is 15.8 Å². The van der Waals surface area contributed by atoms with Crippen LogP contribution in [0.3, 0.4) is 0 Å². The Kier molecular flexibility index (Phi) is 14.8. The minimum absolute atomic E-state index is 0. The van der Waals surface area contributed by atoms with Gasteiger partial charge in [0.05, 0.1) is 9.79 Å². The van der Waals surface area contributed by atoms with E-state index in [1.165, 1.54) is 24.3 Å². The van der Waals surface area contributed by atoms with Crippen molar-refractivity contribution in [2.24, 2.45) is 0 Å². The fourth-order valence-corrected chi connectivity index (χ4v) is 11.6. The van der Waals surface area contributed by atoms with Crippen molar-refractivity contribution >= 4 is 57.3 Å². The molecule has 50 heavy (non-hydrogen) atoms. The fraction of sp³-hybridized carbons (Fsp3) is 0.0526. The van der Waals surface area contributed by atoms with E-state index in [-0.39, 0.29) is 68.9 Å². The van der Waals surface area contributed by atoms with Gasteiger partial charge in [-0.1, -0.05) is 133 Å². The van der Waals surface area contributed by atoms with E-state index >= 15 is 0 Å². The Morgan fingerprint density at radius 1 is 0.400 bits per heavy atom. The van der Waals surface area contributed by atoms with Gasteiger partial charge in [-0.2, -0.15) is 0 Å². The normalized spacial score (nSPS) is 12.6. The molecule has 0 aromatic heterocycles. The van der Waals surface area contributed by atoms with Gasteiger partial charge < -0.3 is 9.11 Å². The minimum atomic E-state index is -4.63. The van der Waals surface area contributed by atoms with Gasteiger partial charge in [0, 0.05) is 12.3 Å². The predicted octanol–water partition coefficient (Wildman–Crippen LogP) is 0.436. The average molecular weight is 755 g/mol. The molecule has 242 valence electrons. The van der Waals surface area contributed by atoms with Gasteiger partial charge in [-0.3, -0.25) is 0 Å². The Morgan fingerprint density at radius 3 is 1.08 bits per heavy atom. The van der Waals surface area contributed by atoms with Crippen LogP contribution < -0.4 is 80.3 Å². The van der Waals surface area contributed by atoms with Crippen LogP contribution in [-0.4, -0.2) is 25.9 Å². The monoisotopic (exact) mass is 754 g/mol. The van der Waals surface area contributed by atoms with Gasteiger partial charge in [-0.15, -0.1) is 0 Å². The number of hydrogen-bond donors (Lipinski definition) is 0. The van der Waals surface area contributed by atoms with E-state index < -0.39 is 36.1 Å². The van der Waals surface area contributed by atoms with Crippen molar-refractivity contribution in [1.82, 2.24) is 0 Å². The summed E-state index contributed by atoms with van der Waals surface area (Å²) >= 11 is 0. The van der Waals surface area contributed by atoms with Gasteiger partial charge in [-0.05, 0) is 83.6 Å². The van der Waals surface area contributed by atoms with Gasteiger partial charge in [0.1, 0.15) is 20.2 Å². The smallest absolute Gasteiger partial charge is 0.744 e. The number of rotatable bonds is 11. The maximum atomic E-state index is 11.9. The van der Waals surface area contributed by atoms with E-state index in [1.807, 2.05) is 97.1 Å². The summed E-state index contributed by atoms with van der Waals surface area (Å²) < 4.78 is 71.7. The molecule has 0 fully saturated rings. The maximum Gasteiger partial charge on any atom is 1.00 e. The molecule has 0 radical (unpaired) electrons. The third kappa shape index (κ3) is 10.1. The first-order valence-corrected chi connectivity index (χ1v) is 20.9. The number of hydrogen-bond acceptors (Lipinski definition) is 6. The molecule has 0 aliphatic heterocycles. The summed E-state index contributed by atoms with van der Waals surface area (Å²) in [5, 5.41) is 3.68. The third-order valence-electron chi connectivity index (χ3n) is 7.95. The zero-order valence-corrected chi connectivity index (χ0v) is 35.0. The van der Waals surface area contributed by atoms with Gasteiger partial charge in [0.15, 0.2) is 0 Å². The Hall–Kier alpha value is -2.00. The zero-order valence-electron chi connectivity index (χ0n) is 27.6.